The lowest BCUT2D eigenvalue weighted by molar-refractivity contribution is 0.413. The first kappa shape index (κ1) is 9.45. The summed E-state index contributed by atoms with van der Waals surface area (Å²) in [7, 11) is 1.54. The summed E-state index contributed by atoms with van der Waals surface area (Å²) in [6.45, 7) is 0. The predicted octanol–water partition coefficient (Wildman–Crippen LogP) is 2.22. The van der Waals surface area contributed by atoms with E-state index in [1.54, 1.807) is 31.4 Å². The molecule has 13 heavy (non-hydrogen) atoms. The summed E-state index contributed by atoms with van der Waals surface area (Å²) in [5.41, 5.74) is 0.622. The molecule has 64 valence electrons. The van der Waals surface area contributed by atoms with Gasteiger partial charge in [-0.05, 0) is 24.1 Å². The van der Waals surface area contributed by atoms with Crippen LogP contribution >= 0.6 is 11.6 Å². The van der Waals surface area contributed by atoms with Crippen LogP contribution in [0.4, 0.5) is 0 Å². The molecule has 1 rings (SSSR count). The highest BCUT2D eigenvalue weighted by Crippen LogP contribution is 2.21. The van der Waals surface area contributed by atoms with E-state index in [1.807, 2.05) is 0 Å². The van der Waals surface area contributed by atoms with Crippen LogP contribution < -0.4 is 4.74 Å². The van der Waals surface area contributed by atoms with E-state index in [-0.39, 0.29) is 0 Å². The first-order chi connectivity index (χ1) is 6.27. The van der Waals surface area contributed by atoms with E-state index in [0.29, 0.717) is 16.3 Å². The monoisotopic (exact) mass is 191 g/mol. The smallest absolute Gasteiger partial charge is 0.152 e. The molecule has 0 aromatic heterocycles. The molecule has 0 saturated carbocycles. The van der Waals surface area contributed by atoms with E-state index in [9.17, 15) is 0 Å². The van der Waals surface area contributed by atoms with Gasteiger partial charge in [-0.15, -0.1) is 0 Å². The average Bonchev–Trinajstić information content (AvgIpc) is 2.15. The van der Waals surface area contributed by atoms with Crippen molar-refractivity contribution < 1.29 is 4.74 Å². The number of benzene rings is 1. The molecule has 0 atom stereocenters. The number of methoxy groups -OCH3 is 1. The van der Waals surface area contributed by atoms with E-state index in [2.05, 4.69) is 11.8 Å². The molecule has 0 N–H and O–H groups in total. The lowest BCUT2D eigenvalue weighted by Gasteiger charge is -2.01. The predicted molar refractivity (Wildman–Crippen MR) is 50.5 cm³/mol. The second-order valence-corrected chi connectivity index (χ2v) is 2.64. The number of halogens is 1. The SMILES string of the molecule is COc1ccc(Cl)cc1C#CC#N. The molecule has 1 aromatic carbocycles. The molecular weight excluding hydrogens is 186 g/mol. The Bertz CT molecular complexity index is 409. The zero-order chi connectivity index (χ0) is 9.68. The van der Waals surface area contributed by atoms with Crippen molar-refractivity contribution in [3.8, 4) is 23.7 Å². The fraction of sp³-hybridized carbons (Fsp3) is 0.100. The van der Waals surface area contributed by atoms with Crippen molar-refractivity contribution in [3.05, 3.63) is 28.8 Å². The lowest BCUT2D eigenvalue weighted by Crippen LogP contribution is -1.86. The van der Waals surface area contributed by atoms with Gasteiger partial charge in [0.05, 0.1) is 12.7 Å². The molecule has 0 saturated heterocycles. The highest BCUT2D eigenvalue weighted by molar-refractivity contribution is 6.30. The maximum Gasteiger partial charge on any atom is 0.152 e. The largest absolute Gasteiger partial charge is 0.495 e. The molecule has 2 nitrogen and oxygen atoms in total. The maximum absolute atomic E-state index is 8.26. The van der Waals surface area contributed by atoms with Crippen molar-refractivity contribution in [2.24, 2.45) is 0 Å². The third-order valence-electron chi connectivity index (χ3n) is 1.41. The quantitative estimate of drug-likeness (QED) is 0.638. The fourth-order valence-electron chi connectivity index (χ4n) is 0.873. The Balaban J connectivity index is 3.17. The van der Waals surface area contributed by atoms with Crippen LogP contribution in [0.2, 0.25) is 5.02 Å². The Morgan fingerprint density at radius 2 is 2.23 bits per heavy atom. The zero-order valence-electron chi connectivity index (χ0n) is 6.97. The standard InChI is InChI=1S/C10H6ClNO/c1-13-10-5-4-9(11)7-8(10)3-2-6-12/h4-5,7H,1H3. The summed E-state index contributed by atoms with van der Waals surface area (Å²) in [4.78, 5) is 0. The summed E-state index contributed by atoms with van der Waals surface area (Å²) in [6.07, 6.45) is 0. The molecule has 0 radical (unpaired) electrons. The van der Waals surface area contributed by atoms with Crippen molar-refractivity contribution in [2.45, 2.75) is 0 Å². The second-order valence-electron chi connectivity index (χ2n) is 2.21. The number of nitriles is 1. The van der Waals surface area contributed by atoms with Crippen LogP contribution in [0.15, 0.2) is 18.2 Å². The molecule has 0 aliphatic heterocycles. The van der Waals surface area contributed by atoms with Crippen LogP contribution in [0.5, 0.6) is 5.75 Å². The van der Waals surface area contributed by atoms with E-state index in [4.69, 9.17) is 21.6 Å². The minimum Gasteiger partial charge on any atom is -0.495 e. The molecule has 0 spiro atoms. The molecule has 0 heterocycles. The van der Waals surface area contributed by atoms with Crippen LogP contribution in [-0.2, 0) is 0 Å². The molecule has 0 fully saturated rings. The minimum atomic E-state index is 0.572. The van der Waals surface area contributed by atoms with Gasteiger partial charge in [0.25, 0.3) is 0 Å². The van der Waals surface area contributed by atoms with Gasteiger partial charge in [0.1, 0.15) is 5.75 Å². The second kappa shape index (κ2) is 4.40. The van der Waals surface area contributed by atoms with Crippen LogP contribution in [0.25, 0.3) is 0 Å². The summed E-state index contributed by atoms with van der Waals surface area (Å²) in [6, 6.07) is 6.80. The number of hydrogen-bond acceptors (Lipinski definition) is 2. The van der Waals surface area contributed by atoms with Crippen molar-refractivity contribution >= 4 is 11.6 Å². The van der Waals surface area contributed by atoms with Gasteiger partial charge in [-0.1, -0.05) is 11.6 Å². The topological polar surface area (TPSA) is 33.0 Å². The first-order valence-electron chi connectivity index (χ1n) is 3.51. The Kier molecular flexibility index (Phi) is 3.20. The summed E-state index contributed by atoms with van der Waals surface area (Å²) in [5, 5.41) is 8.84. The fourth-order valence-corrected chi connectivity index (χ4v) is 1.05. The van der Waals surface area contributed by atoms with Crippen molar-refractivity contribution in [1.29, 1.82) is 5.26 Å². The van der Waals surface area contributed by atoms with Gasteiger partial charge in [0.15, 0.2) is 6.07 Å². The molecule has 0 bridgehead atoms. The van der Waals surface area contributed by atoms with Crippen molar-refractivity contribution in [2.75, 3.05) is 7.11 Å². The van der Waals surface area contributed by atoms with Gasteiger partial charge in [-0.3, -0.25) is 0 Å². The maximum atomic E-state index is 8.26. The first-order valence-corrected chi connectivity index (χ1v) is 3.89. The van der Waals surface area contributed by atoms with E-state index in [1.165, 1.54) is 0 Å². The number of ether oxygens (including phenoxy) is 1. The van der Waals surface area contributed by atoms with E-state index >= 15 is 0 Å². The minimum absolute atomic E-state index is 0.572. The Morgan fingerprint density at radius 3 is 2.85 bits per heavy atom. The van der Waals surface area contributed by atoms with Crippen LogP contribution in [0, 0.1) is 23.2 Å². The summed E-state index contributed by atoms with van der Waals surface area (Å²) >= 11 is 5.75. The summed E-state index contributed by atoms with van der Waals surface area (Å²) in [5.74, 6) is 5.54. The summed E-state index contributed by atoms with van der Waals surface area (Å²) < 4.78 is 5.03. The molecule has 3 heteroatoms. The van der Waals surface area contributed by atoms with E-state index in [0.717, 1.165) is 0 Å². The third-order valence-corrected chi connectivity index (χ3v) is 1.65. The molecule has 0 amide bonds. The number of hydrogen-bond donors (Lipinski definition) is 0. The molecule has 0 aliphatic carbocycles. The highest BCUT2D eigenvalue weighted by Gasteiger charge is 1.99. The highest BCUT2D eigenvalue weighted by atomic mass is 35.5. The third kappa shape index (κ3) is 2.40. The molecule has 1 aromatic rings. The van der Waals surface area contributed by atoms with Gasteiger partial charge < -0.3 is 4.74 Å². The lowest BCUT2D eigenvalue weighted by atomic mass is 10.2. The molecule has 0 aliphatic rings. The zero-order valence-corrected chi connectivity index (χ0v) is 7.72. The van der Waals surface area contributed by atoms with Crippen molar-refractivity contribution in [3.63, 3.8) is 0 Å². The van der Waals surface area contributed by atoms with Crippen molar-refractivity contribution in [1.82, 2.24) is 0 Å². The molecular formula is C10H6ClNO. The Morgan fingerprint density at radius 1 is 1.46 bits per heavy atom. The van der Waals surface area contributed by atoms with Gasteiger partial charge >= 0.3 is 0 Å². The van der Waals surface area contributed by atoms with Crippen LogP contribution in [-0.4, -0.2) is 7.11 Å². The Hall–Kier alpha value is -1.64. The normalized spacial score (nSPS) is 8.08. The van der Waals surface area contributed by atoms with Crippen LogP contribution in [0.3, 0.4) is 0 Å². The average molecular weight is 192 g/mol. The van der Waals surface area contributed by atoms with Gasteiger partial charge in [0.2, 0.25) is 0 Å². The number of rotatable bonds is 1. The number of nitrogens with zero attached hydrogens (tertiary/aromatic N) is 1. The van der Waals surface area contributed by atoms with E-state index < -0.39 is 0 Å². The molecule has 0 unspecified atom stereocenters. The Labute approximate surface area is 81.7 Å². The van der Waals surface area contributed by atoms with Gasteiger partial charge in [-0.25, -0.2) is 0 Å². The van der Waals surface area contributed by atoms with Crippen LogP contribution in [0.1, 0.15) is 5.56 Å². The van der Waals surface area contributed by atoms with Gasteiger partial charge in [0, 0.05) is 10.9 Å². The van der Waals surface area contributed by atoms with Gasteiger partial charge in [-0.2, -0.15) is 5.26 Å².